The van der Waals surface area contributed by atoms with Gasteiger partial charge in [0, 0.05) is 10.7 Å². The summed E-state index contributed by atoms with van der Waals surface area (Å²) in [6, 6.07) is 8.87. The molecule has 0 aliphatic carbocycles. The molecule has 0 spiro atoms. The lowest BCUT2D eigenvalue weighted by Crippen LogP contribution is -2.23. The summed E-state index contributed by atoms with van der Waals surface area (Å²) >= 11 is 5.87. The van der Waals surface area contributed by atoms with Gasteiger partial charge >= 0.3 is 0 Å². The van der Waals surface area contributed by atoms with Gasteiger partial charge < -0.3 is 11.1 Å². The number of guanidine groups is 1. The van der Waals surface area contributed by atoms with Gasteiger partial charge in [-0.2, -0.15) is 10.3 Å². The van der Waals surface area contributed by atoms with E-state index in [9.17, 15) is 4.79 Å². The van der Waals surface area contributed by atoms with Crippen LogP contribution in [0, 0.1) is 18.3 Å². The summed E-state index contributed by atoms with van der Waals surface area (Å²) < 4.78 is 0. The van der Waals surface area contributed by atoms with Crippen molar-refractivity contribution >= 4 is 29.2 Å². The van der Waals surface area contributed by atoms with Crippen molar-refractivity contribution < 1.29 is 0 Å². The first kappa shape index (κ1) is 15.5. The topological polar surface area (TPSA) is 120 Å². The average molecular weight is 317 g/mol. The minimum Gasteiger partial charge on any atom is -0.369 e. The van der Waals surface area contributed by atoms with Gasteiger partial charge in [-0.1, -0.05) is 17.7 Å². The molecule has 0 fully saturated rings. The lowest BCUT2D eigenvalue weighted by Gasteiger charge is -2.06. The van der Waals surface area contributed by atoms with E-state index in [1.807, 2.05) is 6.07 Å². The monoisotopic (exact) mass is 316 g/mol. The van der Waals surface area contributed by atoms with Crippen molar-refractivity contribution in [2.24, 2.45) is 10.7 Å². The van der Waals surface area contributed by atoms with Crippen molar-refractivity contribution in [2.75, 3.05) is 5.32 Å². The Balaban J connectivity index is 2.25. The number of H-pyrrole nitrogens is 1. The van der Waals surface area contributed by atoms with Crippen molar-refractivity contribution in [1.82, 2.24) is 9.97 Å². The van der Waals surface area contributed by atoms with Gasteiger partial charge in [-0.3, -0.25) is 9.78 Å². The molecule has 1 aromatic heterocycles. The normalized spacial score (nSPS) is 11.0. The maximum Gasteiger partial charge on any atom is 0.256 e. The van der Waals surface area contributed by atoms with Crippen LogP contribution in [-0.4, -0.2) is 15.9 Å². The Morgan fingerprint density at radius 2 is 2.36 bits per heavy atom. The van der Waals surface area contributed by atoms with Crippen molar-refractivity contribution in [3.8, 4) is 6.07 Å². The van der Waals surface area contributed by atoms with Crippen LogP contribution >= 0.6 is 11.6 Å². The molecule has 0 aliphatic heterocycles. The number of hydrogen-bond acceptors (Lipinski definition) is 4. The third-order valence-corrected chi connectivity index (χ3v) is 3.02. The quantitative estimate of drug-likeness (QED) is 0.589. The minimum absolute atomic E-state index is 0.00555. The average Bonchev–Trinajstić information content (AvgIpc) is 2.42. The van der Waals surface area contributed by atoms with Gasteiger partial charge in [0.15, 0.2) is 0 Å². The summed E-state index contributed by atoms with van der Waals surface area (Å²) in [5.74, 6) is 0.120. The zero-order chi connectivity index (χ0) is 16.1. The molecule has 0 saturated carbocycles. The second-order valence-electron chi connectivity index (χ2n) is 4.42. The van der Waals surface area contributed by atoms with Crippen LogP contribution in [0.4, 0.5) is 11.6 Å². The van der Waals surface area contributed by atoms with Gasteiger partial charge in [-0.25, -0.2) is 4.98 Å². The number of aliphatic imine (C=N–C) groups is 1. The molecule has 1 heterocycles. The Morgan fingerprint density at radius 3 is 3.00 bits per heavy atom. The van der Waals surface area contributed by atoms with Crippen LogP contribution in [-0.2, 0) is 6.42 Å². The van der Waals surface area contributed by atoms with E-state index in [4.69, 9.17) is 22.6 Å². The fraction of sp³-hybridized carbons (Fsp3) is 0.143. The summed E-state index contributed by atoms with van der Waals surface area (Å²) in [6.45, 7) is 1.64. The lowest BCUT2D eigenvalue weighted by molar-refractivity contribution is 0.987. The molecule has 0 saturated heterocycles. The van der Waals surface area contributed by atoms with Crippen LogP contribution in [0.3, 0.4) is 0 Å². The van der Waals surface area contributed by atoms with Gasteiger partial charge in [-0.15, -0.1) is 0 Å². The Hall–Kier alpha value is -2.85. The first-order chi connectivity index (χ1) is 10.5. The molecule has 0 amide bonds. The van der Waals surface area contributed by atoms with Gasteiger partial charge in [0.05, 0.1) is 23.7 Å². The van der Waals surface area contributed by atoms with Gasteiger partial charge in [0.2, 0.25) is 11.9 Å². The van der Waals surface area contributed by atoms with Crippen molar-refractivity contribution in [3.05, 3.63) is 50.9 Å². The molecule has 1 aromatic carbocycles. The molecule has 2 rings (SSSR count). The van der Waals surface area contributed by atoms with E-state index in [1.165, 1.54) is 0 Å². The Labute approximate surface area is 131 Å². The maximum atomic E-state index is 11.8. The van der Waals surface area contributed by atoms with Crippen molar-refractivity contribution in [1.29, 1.82) is 5.26 Å². The standard InChI is InChI=1S/C14H13ClN6O/c1-8-11(5-6-16)12(22)20-14(18-8)21-13(17)19-10-4-2-3-9(15)7-10/h2-4,7H,5H2,1H3,(H4,17,18,19,20,21,22). The van der Waals surface area contributed by atoms with E-state index < -0.39 is 5.56 Å². The lowest BCUT2D eigenvalue weighted by atomic mass is 10.2. The highest BCUT2D eigenvalue weighted by atomic mass is 35.5. The molecule has 0 bridgehead atoms. The van der Waals surface area contributed by atoms with Gasteiger partial charge in [-0.05, 0) is 25.1 Å². The second-order valence-corrected chi connectivity index (χ2v) is 4.86. The fourth-order valence-corrected chi connectivity index (χ4v) is 1.98. The highest BCUT2D eigenvalue weighted by molar-refractivity contribution is 6.30. The molecule has 112 valence electrons. The highest BCUT2D eigenvalue weighted by Gasteiger charge is 2.07. The van der Waals surface area contributed by atoms with Gasteiger partial charge in [0.1, 0.15) is 0 Å². The third-order valence-electron chi connectivity index (χ3n) is 2.79. The molecule has 0 unspecified atom stereocenters. The number of anilines is 1. The number of nitrogens with zero attached hydrogens (tertiary/aromatic N) is 3. The Bertz CT molecular complexity index is 821. The third kappa shape index (κ3) is 3.84. The second kappa shape index (κ2) is 6.74. The first-order valence-electron chi connectivity index (χ1n) is 6.33. The smallest absolute Gasteiger partial charge is 0.256 e. The summed E-state index contributed by atoms with van der Waals surface area (Å²) in [6.07, 6.45) is -0.00555. The molecule has 0 radical (unpaired) electrons. The molecule has 7 nitrogen and oxygen atoms in total. The number of halogens is 1. The van der Waals surface area contributed by atoms with Crippen molar-refractivity contribution in [2.45, 2.75) is 13.3 Å². The predicted molar refractivity (Wildman–Crippen MR) is 85.3 cm³/mol. The van der Waals surface area contributed by atoms with Crippen LogP contribution in [0.1, 0.15) is 11.3 Å². The van der Waals surface area contributed by atoms with Gasteiger partial charge in [0.25, 0.3) is 5.56 Å². The van der Waals surface area contributed by atoms with Crippen LogP contribution in [0.25, 0.3) is 0 Å². The Kier molecular flexibility index (Phi) is 4.76. The maximum absolute atomic E-state index is 11.8. The molecule has 8 heteroatoms. The van der Waals surface area contributed by atoms with E-state index in [0.717, 1.165) is 0 Å². The number of nitrogens with one attached hydrogen (secondary N) is 2. The molecular weight excluding hydrogens is 304 g/mol. The summed E-state index contributed by atoms with van der Waals surface area (Å²) in [5.41, 5.74) is 6.79. The molecule has 4 N–H and O–H groups in total. The number of aromatic amines is 1. The van der Waals surface area contributed by atoms with Crippen LogP contribution in [0.15, 0.2) is 34.1 Å². The fourth-order valence-electron chi connectivity index (χ4n) is 1.79. The molecule has 0 aliphatic rings. The number of benzene rings is 1. The summed E-state index contributed by atoms with van der Waals surface area (Å²) in [7, 11) is 0. The number of aromatic nitrogens is 2. The molecular formula is C14H13ClN6O. The molecule has 22 heavy (non-hydrogen) atoms. The van der Waals surface area contributed by atoms with E-state index in [1.54, 1.807) is 31.2 Å². The van der Waals surface area contributed by atoms with E-state index >= 15 is 0 Å². The number of nitrogens with two attached hydrogens (primary N) is 1. The van der Waals surface area contributed by atoms with E-state index in [-0.39, 0.29) is 18.3 Å². The SMILES string of the molecule is Cc1nc(N=C(N)Nc2cccc(Cl)c2)[nH]c(=O)c1CC#N. The Morgan fingerprint density at radius 1 is 1.59 bits per heavy atom. The minimum atomic E-state index is -0.400. The van der Waals surface area contributed by atoms with Crippen LogP contribution < -0.4 is 16.6 Å². The molecule has 2 aromatic rings. The number of aryl methyl sites for hydroxylation is 1. The molecule has 0 atom stereocenters. The summed E-state index contributed by atoms with van der Waals surface area (Å²) in [4.78, 5) is 22.4. The highest BCUT2D eigenvalue weighted by Crippen LogP contribution is 2.15. The van der Waals surface area contributed by atoms with Crippen LogP contribution in [0.2, 0.25) is 5.02 Å². The number of hydrogen-bond donors (Lipinski definition) is 3. The van der Waals surface area contributed by atoms with E-state index in [2.05, 4.69) is 20.3 Å². The van der Waals surface area contributed by atoms with Crippen molar-refractivity contribution in [3.63, 3.8) is 0 Å². The summed E-state index contributed by atoms with van der Waals surface area (Å²) in [5, 5.41) is 12.1. The largest absolute Gasteiger partial charge is 0.369 e. The zero-order valence-corrected chi connectivity index (χ0v) is 12.5. The van der Waals surface area contributed by atoms with Crippen LogP contribution in [0.5, 0.6) is 0 Å². The zero-order valence-electron chi connectivity index (χ0n) is 11.7. The number of rotatable bonds is 3. The predicted octanol–water partition coefficient (Wildman–Crippen LogP) is 1.86. The number of nitriles is 1. The van der Waals surface area contributed by atoms with E-state index in [0.29, 0.717) is 22.0 Å². The first-order valence-corrected chi connectivity index (χ1v) is 6.71.